The number of halogens is 3. The minimum absolute atomic E-state index is 0.456. The molecule has 0 amide bonds. The van der Waals surface area contributed by atoms with E-state index in [4.69, 9.17) is 10.0 Å². The lowest BCUT2D eigenvalue weighted by molar-refractivity contribution is 0.150. The van der Waals surface area contributed by atoms with Crippen LogP contribution < -0.4 is 4.65 Å². The second kappa shape index (κ2) is 4.34. The van der Waals surface area contributed by atoms with Crippen molar-refractivity contribution in [2.24, 2.45) is 0 Å². The molecule has 0 aromatic heterocycles. The average molecular weight is 206 g/mol. The summed E-state index contributed by atoms with van der Waals surface area (Å²) in [6, 6.07) is 2.36. The standard InChI is InChI=1S/C7H6BF3O3/c9-5-2-1-4(7(10)11)3-6(5)14-8(12)13/h1-3,7,12-13H. The smallest absolute Gasteiger partial charge is 0.510 e. The zero-order valence-corrected chi connectivity index (χ0v) is 6.82. The molecular formula is C7H6BF3O3. The van der Waals surface area contributed by atoms with Gasteiger partial charge >= 0.3 is 7.32 Å². The van der Waals surface area contributed by atoms with E-state index < -0.39 is 30.9 Å². The summed E-state index contributed by atoms with van der Waals surface area (Å²) in [6.07, 6.45) is -2.77. The molecule has 1 rings (SSSR count). The molecule has 0 saturated heterocycles. The Labute approximate surface area is 77.9 Å². The molecule has 76 valence electrons. The first-order valence-corrected chi connectivity index (χ1v) is 3.61. The number of hydrogen-bond acceptors (Lipinski definition) is 3. The third-order valence-corrected chi connectivity index (χ3v) is 1.44. The number of rotatable bonds is 3. The average Bonchev–Trinajstić information content (AvgIpc) is 2.07. The molecule has 0 radical (unpaired) electrons. The zero-order chi connectivity index (χ0) is 10.7. The molecule has 7 heteroatoms. The Morgan fingerprint density at radius 1 is 1.29 bits per heavy atom. The molecular weight excluding hydrogens is 200 g/mol. The van der Waals surface area contributed by atoms with Gasteiger partial charge in [0.05, 0.1) is 0 Å². The third kappa shape index (κ3) is 2.64. The van der Waals surface area contributed by atoms with E-state index >= 15 is 0 Å². The Morgan fingerprint density at radius 3 is 2.43 bits per heavy atom. The molecule has 1 aromatic carbocycles. The summed E-state index contributed by atoms with van der Waals surface area (Å²) in [7, 11) is -2.24. The van der Waals surface area contributed by atoms with Crippen molar-refractivity contribution in [1.82, 2.24) is 0 Å². The Balaban J connectivity index is 2.96. The predicted molar refractivity (Wildman–Crippen MR) is 42.2 cm³/mol. The van der Waals surface area contributed by atoms with Crippen LogP contribution in [0.1, 0.15) is 12.0 Å². The molecule has 14 heavy (non-hydrogen) atoms. The van der Waals surface area contributed by atoms with Crippen LogP contribution in [-0.4, -0.2) is 17.4 Å². The summed E-state index contributed by atoms with van der Waals surface area (Å²) in [4.78, 5) is 0. The molecule has 0 aliphatic rings. The van der Waals surface area contributed by atoms with Gasteiger partial charge in [-0.25, -0.2) is 13.2 Å². The third-order valence-electron chi connectivity index (χ3n) is 1.44. The van der Waals surface area contributed by atoms with Gasteiger partial charge in [0, 0.05) is 5.56 Å². The number of benzene rings is 1. The first-order chi connectivity index (χ1) is 6.50. The van der Waals surface area contributed by atoms with Gasteiger partial charge in [-0.15, -0.1) is 0 Å². The summed E-state index contributed by atoms with van der Waals surface area (Å²) >= 11 is 0. The molecule has 0 aliphatic heterocycles. The summed E-state index contributed by atoms with van der Waals surface area (Å²) in [5, 5.41) is 16.7. The maximum Gasteiger partial charge on any atom is 0.707 e. The molecule has 0 atom stereocenters. The van der Waals surface area contributed by atoms with Crippen molar-refractivity contribution in [3.8, 4) is 5.75 Å². The van der Waals surface area contributed by atoms with Crippen LogP contribution in [0.15, 0.2) is 18.2 Å². The molecule has 0 heterocycles. The monoisotopic (exact) mass is 206 g/mol. The van der Waals surface area contributed by atoms with Gasteiger partial charge in [-0.1, -0.05) is 6.07 Å². The van der Waals surface area contributed by atoms with E-state index in [1.807, 2.05) is 0 Å². The summed E-state index contributed by atoms with van der Waals surface area (Å²) in [6.45, 7) is 0. The Kier molecular flexibility index (Phi) is 3.37. The van der Waals surface area contributed by atoms with Crippen molar-refractivity contribution in [3.63, 3.8) is 0 Å². The minimum Gasteiger partial charge on any atom is -0.510 e. The van der Waals surface area contributed by atoms with Crippen LogP contribution in [0.25, 0.3) is 0 Å². The zero-order valence-electron chi connectivity index (χ0n) is 6.82. The lowest BCUT2D eigenvalue weighted by Crippen LogP contribution is -2.21. The Morgan fingerprint density at radius 2 is 1.93 bits per heavy atom. The molecule has 3 nitrogen and oxygen atoms in total. The van der Waals surface area contributed by atoms with Gasteiger partial charge in [0.2, 0.25) is 0 Å². The number of hydrogen-bond donors (Lipinski definition) is 2. The fourth-order valence-electron chi connectivity index (χ4n) is 0.860. The summed E-state index contributed by atoms with van der Waals surface area (Å²) in [5.41, 5.74) is -0.456. The molecule has 2 N–H and O–H groups in total. The normalized spacial score (nSPS) is 10.4. The highest BCUT2D eigenvalue weighted by Gasteiger charge is 2.17. The van der Waals surface area contributed by atoms with E-state index in [1.54, 1.807) is 0 Å². The molecule has 0 fully saturated rings. The van der Waals surface area contributed by atoms with E-state index in [-0.39, 0.29) is 0 Å². The lowest BCUT2D eigenvalue weighted by Gasteiger charge is -2.07. The molecule has 0 saturated carbocycles. The molecule has 0 bridgehead atoms. The van der Waals surface area contributed by atoms with Gasteiger partial charge < -0.3 is 14.7 Å². The summed E-state index contributed by atoms with van der Waals surface area (Å²) < 4.78 is 41.2. The van der Waals surface area contributed by atoms with Gasteiger partial charge in [-0.3, -0.25) is 0 Å². The van der Waals surface area contributed by atoms with Gasteiger partial charge in [0.25, 0.3) is 6.43 Å². The molecule has 0 aliphatic carbocycles. The van der Waals surface area contributed by atoms with Crippen molar-refractivity contribution in [1.29, 1.82) is 0 Å². The maximum absolute atomic E-state index is 12.8. The fraction of sp³-hybridized carbons (Fsp3) is 0.143. The molecule has 0 unspecified atom stereocenters. The van der Waals surface area contributed by atoms with Crippen LogP contribution >= 0.6 is 0 Å². The van der Waals surface area contributed by atoms with E-state index in [2.05, 4.69) is 4.65 Å². The largest absolute Gasteiger partial charge is 0.707 e. The van der Waals surface area contributed by atoms with E-state index in [0.717, 1.165) is 12.1 Å². The second-order valence-corrected chi connectivity index (χ2v) is 2.43. The van der Waals surface area contributed by atoms with Gasteiger partial charge in [-0.05, 0) is 12.1 Å². The fourth-order valence-corrected chi connectivity index (χ4v) is 0.860. The van der Waals surface area contributed by atoms with E-state index in [9.17, 15) is 13.2 Å². The van der Waals surface area contributed by atoms with Gasteiger partial charge in [-0.2, -0.15) is 0 Å². The van der Waals surface area contributed by atoms with Crippen molar-refractivity contribution in [2.75, 3.05) is 0 Å². The first kappa shape index (κ1) is 10.9. The van der Waals surface area contributed by atoms with Crippen molar-refractivity contribution in [2.45, 2.75) is 6.43 Å². The second-order valence-electron chi connectivity index (χ2n) is 2.43. The van der Waals surface area contributed by atoms with Crippen molar-refractivity contribution >= 4 is 7.32 Å². The van der Waals surface area contributed by atoms with Crippen LogP contribution in [0.4, 0.5) is 13.2 Å². The summed E-state index contributed by atoms with van der Waals surface area (Å²) in [5.74, 6) is -1.57. The van der Waals surface area contributed by atoms with Crippen molar-refractivity contribution < 1.29 is 27.9 Å². The maximum atomic E-state index is 12.8. The lowest BCUT2D eigenvalue weighted by atomic mass is 10.2. The van der Waals surface area contributed by atoms with Crippen LogP contribution in [0.5, 0.6) is 5.75 Å². The van der Waals surface area contributed by atoms with Gasteiger partial charge in [0.1, 0.15) is 5.75 Å². The van der Waals surface area contributed by atoms with Crippen LogP contribution in [0.3, 0.4) is 0 Å². The Hall–Kier alpha value is -1.21. The molecule has 0 spiro atoms. The highest BCUT2D eigenvalue weighted by Crippen LogP contribution is 2.25. The first-order valence-electron chi connectivity index (χ1n) is 3.61. The minimum atomic E-state index is -2.77. The molecule has 1 aromatic rings. The van der Waals surface area contributed by atoms with E-state index in [1.165, 1.54) is 0 Å². The topological polar surface area (TPSA) is 49.7 Å². The Bertz CT molecular complexity index is 319. The predicted octanol–water partition coefficient (Wildman–Crippen LogP) is 1.11. The highest BCUT2D eigenvalue weighted by molar-refractivity contribution is 6.33. The van der Waals surface area contributed by atoms with Crippen LogP contribution in [0, 0.1) is 5.82 Å². The van der Waals surface area contributed by atoms with Crippen LogP contribution in [0.2, 0.25) is 0 Å². The van der Waals surface area contributed by atoms with Crippen LogP contribution in [-0.2, 0) is 0 Å². The van der Waals surface area contributed by atoms with Gasteiger partial charge in [0.15, 0.2) is 5.82 Å². The highest BCUT2D eigenvalue weighted by atomic mass is 19.3. The number of alkyl halides is 2. The quantitative estimate of drug-likeness (QED) is 0.728. The SMILES string of the molecule is OB(O)Oc1cc(C(F)F)ccc1F. The van der Waals surface area contributed by atoms with E-state index in [0.29, 0.717) is 6.07 Å². The van der Waals surface area contributed by atoms with Crippen molar-refractivity contribution in [3.05, 3.63) is 29.6 Å².